The molecule has 1 rings (SSSR count). The summed E-state index contributed by atoms with van der Waals surface area (Å²) in [5, 5.41) is 7.46. The summed E-state index contributed by atoms with van der Waals surface area (Å²) >= 11 is 5.73. The monoisotopic (exact) mass is 259 g/mol. The number of nitrogens with one attached hydrogen (secondary N) is 1. The summed E-state index contributed by atoms with van der Waals surface area (Å²) in [6.07, 6.45) is 1.52. The number of nitrogens with zero attached hydrogens (tertiary/aromatic N) is 2. The minimum atomic E-state index is -3.74. The van der Waals surface area contributed by atoms with Crippen LogP contribution in [0.25, 0.3) is 0 Å². The van der Waals surface area contributed by atoms with Crippen molar-refractivity contribution in [2.45, 2.75) is 19.1 Å². The van der Waals surface area contributed by atoms with Crippen LogP contribution in [0.1, 0.15) is 12.5 Å². The van der Waals surface area contributed by atoms with Gasteiger partial charge < -0.3 is 0 Å². The molecule has 0 aliphatic carbocycles. The van der Waals surface area contributed by atoms with Gasteiger partial charge in [-0.25, -0.2) is 13.4 Å². The average molecular weight is 260 g/mol. The lowest BCUT2D eigenvalue weighted by Gasteiger charge is -2.10. The van der Waals surface area contributed by atoms with Gasteiger partial charge >= 0.3 is 0 Å². The van der Waals surface area contributed by atoms with Crippen molar-refractivity contribution < 1.29 is 8.42 Å². The molecule has 0 amide bonds. The maximum absolute atomic E-state index is 11.6. The number of sulfonamides is 1. The number of aromatic nitrogens is 1. The number of aryl methyl sites for hydroxylation is 1. The van der Waals surface area contributed by atoms with E-state index in [-0.39, 0.29) is 10.8 Å². The van der Waals surface area contributed by atoms with E-state index in [4.69, 9.17) is 16.9 Å². The Hall–Kier alpha value is -1.32. The van der Waals surface area contributed by atoms with Crippen molar-refractivity contribution in [3.8, 4) is 6.07 Å². The van der Waals surface area contributed by atoms with Crippen LogP contribution in [0.15, 0.2) is 12.3 Å². The maximum Gasteiger partial charge on any atom is 0.248 e. The lowest BCUT2D eigenvalue weighted by Crippen LogP contribution is -2.24. The van der Waals surface area contributed by atoms with Crippen LogP contribution in [-0.2, 0) is 10.0 Å². The van der Waals surface area contributed by atoms with E-state index in [1.54, 1.807) is 19.1 Å². The van der Waals surface area contributed by atoms with E-state index in [2.05, 4.69) is 9.71 Å². The summed E-state index contributed by atoms with van der Waals surface area (Å²) in [4.78, 5) is 3.80. The highest BCUT2D eigenvalue weighted by molar-refractivity contribution is 7.93. The Bertz CT molecular complexity index is 536. The summed E-state index contributed by atoms with van der Waals surface area (Å²) in [5.74, 6) is 0. The molecule has 1 atom stereocenters. The summed E-state index contributed by atoms with van der Waals surface area (Å²) in [7, 11) is -3.74. The Morgan fingerprint density at radius 1 is 1.62 bits per heavy atom. The third-order valence-corrected chi connectivity index (χ3v) is 3.72. The fourth-order valence-electron chi connectivity index (χ4n) is 0.935. The van der Waals surface area contributed by atoms with Crippen LogP contribution >= 0.6 is 11.6 Å². The highest BCUT2D eigenvalue weighted by Gasteiger charge is 2.21. The fraction of sp³-hybridized carbons (Fsp3) is 0.333. The molecule has 0 saturated heterocycles. The number of pyridine rings is 1. The summed E-state index contributed by atoms with van der Waals surface area (Å²) in [5.41, 5.74) is 0.954. The molecule has 0 radical (unpaired) electrons. The molecule has 16 heavy (non-hydrogen) atoms. The second-order valence-corrected chi connectivity index (χ2v) is 5.63. The Morgan fingerprint density at radius 3 is 2.81 bits per heavy atom. The second-order valence-electron chi connectivity index (χ2n) is 3.27. The molecule has 86 valence electrons. The molecule has 5 nitrogen and oxygen atoms in total. The number of hydrogen-bond acceptors (Lipinski definition) is 4. The van der Waals surface area contributed by atoms with Crippen molar-refractivity contribution in [3.63, 3.8) is 0 Å². The molecular weight excluding hydrogens is 250 g/mol. The van der Waals surface area contributed by atoms with Gasteiger partial charge in [-0.1, -0.05) is 11.6 Å². The second kappa shape index (κ2) is 4.68. The van der Waals surface area contributed by atoms with Crippen molar-refractivity contribution in [3.05, 3.63) is 23.0 Å². The van der Waals surface area contributed by atoms with Crippen LogP contribution in [-0.4, -0.2) is 18.7 Å². The average Bonchev–Trinajstić information content (AvgIpc) is 2.22. The normalized spacial score (nSPS) is 12.9. The molecule has 1 aromatic heterocycles. The van der Waals surface area contributed by atoms with Crippen molar-refractivity contribution in [2.24, 2.45) is 0 Å². The molecule has 1 unspecified atom stereocenters. The van der Waals surface area contributed by atoms with Gasteiger partial charge in [0.2, 0.25) is 10.0 Å². The Balaban J connectivity index is 3.07. The van der Waals surface area contributed by atoms with E-state index in [9.17, 15) is 8.42 Å². The van der Waals surface area contributed by atoms with Crippen LogP contribution in [0.5, 0.6) is 0 Å². The van der Waals surface area contributed by atoms with Crippen LogP contribution in [0.3, 0.4) is 0 Å². The molecule has 7 heteroatoms. The zero-order valence-corrected chi connectivity index (χ0v) is 10.3. The standard InChI is InChI=1S/C9H10ClN3O2S/c1-6-3-8(9(10)12-5-6)13-16(14,15)7(2)4-11/h3,5,7,13H,1-2H3. The molecule has 1 aromatic rings. The first-order chi connectivity index (χ1) is 7.36. The Labute approximate surface area is 99.1 Å². The van der Waals surface area contributed by atoms with E-state index in [0.29, 0.717) is 0 Å². The first kappa shape index (κ1) is 12.7. The topological polar surface area (TPSA) is 82.8 Å². The Morgan fingerprint density at radius 2 is 2.25 bits per heavy atom. The number of rotatable bonds is 3. The van der Waals surface area contributed by atoms with E-state index in [0.717, 1.165) is 5.56 Å². The van der Waals surface area contributed by atoms with Crippen molar-refractivity contribution >= 4 is 27.3 Å². The first-order valence-corrected chi connectivity index (χ1v) is 6.32. The third-order valence-electron chi connectivity index (χ3n) is 1.88. The van der Waals surface area contributed by atoms with Crippen LogP contribution in [0.2, 0.25) is 5.15 Å². The molecule has 1 N–H and O–H groups in total. The Kier molecular flexibility index (Phi) is 3.73. The number of hydrogen-bond donors (Lipinski definition) is 1. The molecule has 0 bridgehead atoms. The quantitative estimate of drug-likeness (QED) is 0.838. The van der Waals surface area contributed by atoms with Gasteiger partial charge in [0.05, 0.1) is 11.8 Å². The molecule has 0 spiro atoms. The smallest absolute Gasteiger partial charge is 0.248 e. The summed E-state index contributed by atoms with van der Waals surface area (Å²) in [6.45, 7) is 3.05. The third kappa shape index (κ3) is 2.84. The van der Waals surface area contributed by atoms with Crippen LogP contribution < -0.4 is 4.72 Å². The van der Waals surface area contributed by atoms with Gasteiger partial charge in [0.15, 0.2) is 10.4 Å². The highest BCUT2D eigenvalue weighted by atomic mass is 35.5. The molecule has 0 saturated carbocycles. The molecule has 0 aromatic carbocycles. The van der Waals surface area contributed by atoms with E-state index in [1.165, 1.54) is 13.1 Å². The predicted molar refractivity (Wildman–Crippen MR) is 61.6 cm³/mol. The van der Waals surface area contributed by atoms with Crippen molar-refractivity contribution in [1.29, 1.82) is 5.26 Å². The largest absolute Gasteiger partial charge is 0.279 e. The first-order valence-electron chi connectivity index (χ1n) is 4.40. The van der Waals surface area contributed by atoms with Gasteiger partial charge in [0.25, 0.3) is 0 Å². The van der Waals surface area contributed by atoms with Crippen LogP contribution in [0.4, 0.5) is 5.69 Å². The van der Waals surface area contributed by atoms with Crippen LogP contribution in [0, 0.1) is 18.3 Å². The highest BCUT2D eigenvalue weighted by Crippen LogP contribution is 2.21. The van der Waals surface area contributed by atoms with Gasteiger partial charge in [-0.2, -0.15) is 5.26 Å². The van der Waals surface area contributed by atoms with E-state index < -0.39 is 15.3 Å². The van der Waals surface area contributed by atoms with Gasteiger partial charge in [0.1, 0.15) is 0 Å². The summed E-state index contributed by atoms with van der Waals surface area (Å²) in [6, 6.07) is 3.20. The number of nitriles is 1. The molecule has 0 fully saturated rings. The predicted octanol–water partition coefficient (Wildman–Crippen LogP) is 1.70. The zero-order valence-electron chi connectivity index (χ0n) is 8.73. The van der Waals surface area contributed by atoms with Gasteiger partial charge in [-0.05, 0) is 25.5 Å². The number of anilines is 1. The van der Waals surface area contributed by atoms with Gasteiger partial charge in [-0.15, -0.1) is 0 Å². The number of halogens is 1. The lowest BCUT2D eigenvalue weighted by molar-refractivity contribution is 0.597. The minimum Gasteiger partial charge on any atom is -0.279 e. The van der Waals surface area contributed by atoms with E-state index >= 15 is 0 Å². The molecular formula is C9H10ClN3O2S. The lowest BCUT2D eigenvalue weighted by atomic mass is 10.3. The molecule has 0 aliphatic rings. The summed E-state index contributed by atoms with van der Waals surface area (Å²) < 4.78 is 25.4. The minimum absolute atomic E-state index is 0.0549. The van der Waals surface area contributed by atoms with E-state index in [1.807, 2.05) is 0 Å². The maximum atomic E-state index is 11.6. The molecule has 1 heterocycles. The zero-order chi connectivity index (χ0) is 12.3. The van der Waals surface area contributed by atoms with Crippen molar-refractivity contribution in [1.82, 2.24) is 4.98 Å². The fourth-order valence-corrected chi connectivity index (χ4v) is 1.92. The van der Waals surface area contributed by atoms with Crippen molar-refractivity contribution in [2.75, 3.05) is 4.72 Å². The molecule has 0 aliphatic heterocycles. The van der Waals surface area contributed by atoms with Gasteiger partial charge in [0, 0.05) is 6.20 Å². The van der Waals surface area contributed by atoms with Gasteiger partial charge in [-0.3, -0.25) is 4.72 Å². The SMILES string of the molecule is Cc1cnc(Cl)c(NS(=O)(=O)C(C)C#N)c1.